The van der Waals surface area contributed by atoms with Crippen LogP contribution in [0.1, 0.15) is 50.8 Å². The molecule has 1 aromatic carbocycles. The molecule has 3 rings (SSSR count). The first-order chi connectivity index (χ1) is 11.3. The van der Waals surface area contributed by atoms with Gasteiger partial charge in [-0.2, -0.15) is 0 Å². The van der Waals surface area contributed by atoms with E-state index in [2.05, 4.69) is 11.4 Å². The van der Waals surface area contributed by atoms with E-state index >= 15 is 0 Å². The van der Waals surface area contributed by atoms with E-state index in [1.165, 1.54) is 0 Å². The van der Waals surface area contributed by atoms with E-state index in [9.17, 15) is 9.59 Å². The van der Waals surface area contributed by atoms with Crippen molar-refractivity contribution in [1.29, 1.82) is 0 Å². The lowest BCUT2D eigenvalue weighted by Gasteiger charge is -2.32. The Morgan fingerprint density at radius 1 is 1.33 bits per heavy atom. The molecule has 0 saturated carbocycles. The molecule has 1 fully saturated rings. The number of aryl methyl sites for hydroxylation is 1. The number of nitrogens with zero attached hydrogens (tertiary/aromatic N) is 1. The summed E-state index contributed by atoms with van der Waals surface area (Å²) < 4.78 is 5.68. The van der Waals surface area contributed by atoms with Crippen molar-refractivity contribution in [1.82, 2.24) is 10.2 Å². The summed E-state index contributed by atoms with van der Waals surface area (Å²) in [6, 6.07) is 6.00. The summed E-state index contributed by atoms with van der Waals surface area (Å²) in [6.45, 7) is 9.13. The van der Waals surface area contributed by atoms with Crippen LogP contribution in [-0.4, -0.2) is 35.4 Å². The second kappa shape index (κ2) is 6.11. The van der Waals surface area contributed by atoms with Crippen LogP contribution in [0.5, 0.6) is 5.75 Å². The van der Waals surface area contributed by atoms with Gasteiger partial charge < -0.3 is 15.0 Å². The minimum Gasteiger partial charge on any atom is -0.493 e. The summed E-state index contributed by atoms with van der Waals surface area (Å²) >= 11 is 0. The number of ether oxygens (including phenoxy) is 1. The Morgan fingerprint density at radius 3 is 2.75 bits per heavy atom. The van der Waals surface area contributed by atoms with E-state index in [1.807, 2.05) is 39.8 Å². The molecule has 0 bridgehead atoms. The zero-order chi connectivity index (χ0) is 17.5. The van der Waals surface area contributed by atoms with Gasteiger partial charge in [0.25, 0.3) is 0 Å². The highest BCUT2D eigenvalue weighted by Crippen LogP contribution is 2.33. The predicted molar refractivity (Wildman–Crippen MR) is 91.7 cm³/mol. The number of fused-ring (bicyclic) bond motifs is 1. The monoisotopic (exact) mass is 330 g/mol. The Hall–Kier alpha value is -2.04. The molecule has 2 unspecified atom stereocenters. The SMILES string of the molecule is Cc1ccc2c(c1)C(NC(=O)C1CC(=O)N(C(C)(C)C)C1)CCO2. The molecule has 0 radical (unpaired) electrons. The number of nitrogens with one attached hydrogen (secondary N) is 1. The van der Waals surface area contributed by atoms with Crippen molar-refractivity contribution in [2.45, 2.75) is 52.1 Å². The lowest BCUT2D eigenvalue weighted by molar-refractivity contribution is -0.132. The standard InChI is InChI=1S/C19H26N2O3/c1-12-5-6-16-14(9-12)15(7-8-24-16)20-18(23)13-10-17(22)21(11-13)19(2,3)4/h5-6,9,13,15H,7-8,10-11H2,1-4H3,(H,20,23). The van der Waals surface area contributed by atoms with Crippen molar-refractivity contribution in [2.75, 3.05) is 13.2 Å². The molecule has 1 aromatic rings. The Morgan fingerprint density at radius 2 is 2.08 bits per heavy atom. The van der Waals surface area contributed by atoms with Crippen LogP contribution >= 0.6 is 0 Å². The second-order valence-electron chi connectivity index (χ2n) is 7.82. The maximum absolute atomic E-state index is 12.7. The van der Waals surface area contributed by atoms with Crippen LogP contribution in [0.3, 0.4) is 0 Å². The van der Waals surface area contributed by atoms with E-state index in [0.717, 1.165) is 23.3 Å². The third kappa shape index (κ3) is 3.25. The third-order valence-corrected chi connectivity index (χ3v) is 4.83. The number of hydrogen-bond acceptors (Lipinski definition) is 3. The quantitative estimate of drug-likeness (QED) is 0.907. The smallest absolute Gasteiger partial charge is 0.225 e. The predicted octanol–water partition coefficient (Wildman–Crippen LogP) is 2.58. The number of hydrogen-bond donors (Lipinski definition) is 1. The van der Waals surface area contributed by atoms with Crippen LogP contribution in [-0.2, 0) is 9.59 Å². The summed E-state index contributed by atoms with van der Waals surface area (Å²) in [7, 11) is 0. The molecule has 2 aliphatic heterocycles. The molecule has 24 heavy (non-hydrogen) atoms. The van der Waals surface area contributed by atoms with Gasteiger partial charge in [-0.1, -0.05) is 17.7 Å². The molecule has 2 heterocycles. The van der Waals surface area contributed by atoms with Crippen LogP contribution in [0.25, 0.3) is 0 Å². The fraction of sp³-hybridized carbons (Fsp3) is 0.579. The summed E-state index contributed by atoms with van der Waals surface area (Å²) in [6.07, 6.45) is 1.05. The minimum absolute atomic E-state index is 0.0329. The first-order valence-corrected chi connectivity index (χ1v) is 8.60. The molecule has 2 atom stereocenters. The lowest BCUT2D eigenvalue weighted by atomic mass is 9.97. The number of rotatable bonds is 2. The minimum atomic E-state index is -0.271. The molecule has 0 aliphatic carbocycles. The summed E-state index contributed by atoms with van der Waals surface area (Å²) in [5.74, 6) is 0.601. The van der Waals surface area contributed by atoms with Gasteiger partial charge in [-0.05, 0) is 33.8 Å². The van der Waals surface area contributed by atoms with Gasteiger partial charge in [0.15, 0.2) is 0 Å². The molecular formula is C19H26N2O3. The van der Waals surface area contributed by atoms with Crippen molar-refractivity contribution >= 4 is 11.8 Å². The van der Waals surface area contributed by atoms with Crippen LogP contribution < -0.4 is 10.1 Å². The molecule has 1 N–H and O–H groups in total. The van der Waals surface area contributed by atoms with Gasteiger partial charge in [0.2, 0.25) is 11.8 Å². The maximum atomic E-state index is 12.7. The molecule has 2 amide bonds. The van der Waals surface area contributed by atoms with E-state index in [-0.39, 0.29) is 29.3 Å². The average Bonchev–Trinajstić information content (AvgIpc) is 2.90. The highest BCUT2D eigenvalue weighted by molar-refractivity contribution is 5.89. The molecular weight excluding hydrogens is 304 g/mol. The van der Waals surface area contributed by atoms with Crippen molar-refractivity contribution < 1.29 is 14.3 Å². The van der Waals surface area contributed by atoms with Gasteiger partial charge in [0, 0.05) is 30.5 Å². The van der Waals surface area contributed by atoms with E-state index in [1.54, 1.807) is 4.90 Å². The number of likely N-dealkylation sites (tertiary alicyclic amines) is 1. The molecule has 1 saturated heterocycles. The number of carbonyl (C=O) groups is 2. The molecule has 2 aliphatic rings. The van der Waals surface area contributed by atoms with Crippen molar-refractivity contribution in [3.63, 3.8) is 0 Å². The Bertz CT molecular complexity index is 663. The van der Waals surface area contributed by atoms with Crippen LogP contribution in [0.2, 0.25) is 0 Å². The number of benzene rings is 1. The van der Waals surface area contributed by atoms with Gasteiger partial charge in [0.1, 0.15) is 5.75 Å². The Kier molecular flexibility index (Phi) is 4.28. The average molecular weight is 330 g/mol. The first-order valence-electron chi connectivity index (χ1n) is 8.60. The topological polar surface area (TPSA) is 58.6 Å². The van der Waals surface area contributed by atoms with Gasteiger partial charge in [0.05, 0.1) is 18.6 Å². The van der Waals surface area contributed by atoms with Crippen LogP contribution in [0.4, 0.5) is 0 Å². The lowest BCUT2D eigenvalue weighted by Crippen LogP contribution is -2.43. The first kappa shape index (κ1) is 16.8. The van der Waals surface area contributed by atoms with Gasteiger partial charge in [-0.3, -0.25) is 9.59 Å². The molecule has 5 nitrogen and oxygen atoms in total. The van der Waals surface area contributed by atoms with E-state index in [0.29, 0.717) is 19.6 Å². The van der Waals surface area contributed by atoms with Crippen molar-refractivity contribution in [2.24, 2.45) is 5.92 Å². The third-order valence-electron chi connectivity index (χ3n) is 4.83. The molecule has 130 valence electrons. The van der Waals surface area contributed by atoms with E-state index in [4.69, 9.17) is 4.74 Å². The number of amides is 2. The fourth-order valence-electron chi connectivity index (χ4n) is 3.48. The number of carbonyl (C=O) groups excluding carboxylic acids is 2. The zero-order valence-electron chi connectivity index (χ0n) is 14.9. The van der Waals surface area contributed by atoms with Gasteiger partial charge in [-0.25, -0.2) is 0 Å². The van der Waals surface area contributed by atoms with Gasteiger partial charge in [-0.15, -0.1) is 0 Å². The van der Waals surface area contributed by atoms with Crippen LogP contribution in [0, 0.1) is 12.8 Å². The van der Waals surface area contributed by atoms with Crippen molar-refractivity contribution in [3.05, 3.63) is 29.3 Å². The highest BCUT2D eigenvalue weighted by atomic mass is 16.5. The summed E-state index contributed by atoms with van der Waals surface area (Å²) in [4.78, 5) is 26.7. The van der Waals surface area contributed by atoms with Gasteiger partial charge >= 0.3 is 0 Å². The Balaban J connectivity index is 1.71. The molecule has 0 spiro atoms. The highest BCUT2D eigenvalue weighted by Gasteiger charge is 2.40. The molecule has 0 aromatic heterocycles. The molecule has 5 heteroatoms. The summed E-state index contributed by atoms with van der Waals surface area (Å²) in [5, 5.41) is 3.14. The summed E-state index contributed by atoms with van der Waals surface area (Å²) in [5.41, 5.74) is 1.94. The zero-order valence-corrected chi connectivity index (χ0v) is 14.9. The maximum Gasteiger partial charge on any atom is 0.225 e. The van der Waals surface area contributed by atoms with Crippen LogP contribution in [0.15, 0.2) is 18.2 Å². The second-order valence-corrected chi connectivity index (χ2v) is 7.82. The van der Waals surface area contributed by atoms with E-state index < -0.39 is 0 Å². The largest absolute Gasteiger partial charge is 0.493 e. The fourth-order valence-corrected chi connectivity index (χ4v) is 3.48. The Labute approximate surface area is 143 Å². The normalized spacial score (nSPS) is 23.7. The van der Waals surface area contributed by atoms with Crippen molar-refractivity contribution in [3.8, 4) is 5.75 Å².